The highest BCUT2D eigenvalue weighted by atomic mass is 16.5. The number of hydrogen-bond acceptors (Lipinski definition) is 4. The minimum atomic E-state index is -0.0205. The molecule has 2 fully saturated rings. The second-order valence-corrected chi connectivity index (χ2v) is 14.0. The number of nitrogen functional groups attached to an aromatic ring is 2. The predicted molar refractivity (Wildman–Crippen MR) is 192 cm³/mol. The first-order chi connectivity index (χ1) is 22.5. The van der Waals surface area contributed by atoms with Gasteiger partial charge in [0.15, 0.2) is 0 Å². The lowest BCUT2D eigenvalue weighted by molar-refractivity contribution is 0.209. The highest BCUT2D eigenvalue weighted by molar-refractivity contribution is 5.47. The van der Waals surface area contributed by atoms with Gasteiger partial charge in [0.2, 0.25) is 0 Å². The third kappa shape index (κ3) is 8.07. The van der Waals surface area contributed by atoms with Crippen molar-refractivity contribution in [3.63, 3.8) is 0 Å². The topological polar surface area (TPSA) is 70.5 Å². The Hall–Kier alpha value is -3.92. The zero-order valence-corrected chi connectivity index (χ0v) is 27.6. The van der Waals surface area contributed by atoms with Crippen LogP contribution in [0.4, 0.5) is 11.4 Å². The molecule has 2 saturated carbocycles. The van der Waals surface area contributed by atoms with Gasteiger partial charge in [-0.1, -0.05) is 89.0 Å². The molecule has 0 saturated heterocycles. The van der Waals surface area contributed by atoms with Gasteiger partial charge in [0.25, 0.3) is 0 Å². The maximum Gasteiger partial charge on any atom is 0.127 e. The first-order valence-electron chi connectivity index (χ1n) is 17.8. The van der Waals surface area contributed by atoms with E-state index in [9.17, 15) is 0 Å². The van der Waals surface area contributed by atoms with E-state index in [1.807, 2.05) is 48.5 Å². The molecule has 2 aliphatic rings. The van der Waals surface area contributed by atoms with Gasteiger partial charge in [-0.05, 0) is 127 Å². The summed E-state index contributed by atoms with van der Waals surface area (Å²) in [5.74, 6) is 6.05. The van der Waals surface area contributed by atoms with Crippen molar-refractivity contribution in [3.8, 4) is 23.0 Å². The summed E-state index contributed by atoms with van der Waals surface area (Å²) in [6.07, 6.45) is 17.8. The van der Waals surface area contributed by atoms with Gasteiger partial charge in [-0.25, -0.2) is 0 Å². The Kier molecular flexibility index (Phi) is 10.5. The summed E-state index contributed by atoms with van der Waals surface area (Å²) < 4.78 is 12.3. The zero-order valence-electron chi connectivity index (χ0n) is 27.6. The van der Waals surface area contributed by atoms with Gasteiger partial charge in [0, 0.05) is 16.8 Å². The zero-order chi connectivity index (χ0) is 31.8. The van der Waals surface area contributed by atoms with E-state index in [2.05, 4.69) is 55.5 Å². The SMILES string of the molecule is CCCCC1CCC(CCC2CCC(c3ccc(Oc4ccc(N)cc4)cc3)(c3ccc(Oc4ccc(N)cc4)cc3)CC2)CC1. The van der Waals surface area contributed by atoms with Gasteiger partial charge in [0.1, 0.15) is 23.0 Å². The number of hydrogen-bond donors (Lipinski definition) is 2. The number of unbranched alkanes of at least 4 members (excludes halogenated alkanes) is 1. The van der Waals surface area contributed by atoms with Crippen molar-refractivity contribution in [1.29, 1.82) is 0 Å². The molecule has 46 heavy (non-hydrogen) atoms. The Bertz CT molecular complexity index is 1390. The molecule has 4 nitrogen and oxygen atoms in total. The first kappa shape index (κ1) is 32.0. The minimum Gasteiger partial charge on any atom is -0.457 e. The molecule has 0 atom stereocenters. The summed E-state index contributed by atoms with van der Waals surface area (Å²) >= 11 is 0. The molecule has 0 radical (unpaired) electrons. The smallest absolute Gasteiger partial charge is 0.127 e. The number of nitrogens with two attached hydrogens (primary N) is 2. The molecule has 0 spiro atoms. The number of rotatable bonds is 12. The van der Waals surface area contributed by atoms with E-state index < -0.39 is 0 Å². The summed E-state index contributed by atoms with van der Waals surface area (Å²) in [4.78, 5) is 0. The fraction of sp³-hybridized carbons (Fsp3) is 0.429. The molecule has 0 bridgehead atoms. The van der Waals surface area contributed by atoms with E-state index in [0.29, 0.717) is 0 Å². The fourth-order valence-corrected chi connectivity index (χ4v) is 8.00. The standard InChI is InChI=1S/C42H52N2O2/c1-2-3-4-31-5-7-32(8-6-31)9-10-33-27-29-42(30-28-33,34-11-19-38(20-12-34)45-40-23-15-36(43)16-24-40)35-13-21-39(22-14-35)46-41-25-17-37(44)18-26-41/h11-26,31-33H,2-10,27-30,43-44H2,1H3. The average molecular weight is 617 g/mol. The van der Waals surface area contributed by atoms with E-state index in [4.69, 9.17) is 20.9 Å². The van der Waals surface area contributed by atoms with Crippen LogP contribution in [-0.2, 0) is 5.41 Å². The van der Waals surface area contributed by atoms with Gasteiger partial charge < -0.3 is 20.9 Å². The molecule has 4 heteroatoms. The molecule has 2 aliphatic carbocycles. The van der Waals surface area contributed by atoms with Crippen LogP contribution in [0.25, 0.3) is 0 Å². The van der Waals surface area contributed by atoms with Gasteiger partial charge in [-0.3, -0.25) is 0 Å². The number of anilines is 2. The summed E-state index contributed by atoms with van der Waals surface area (Å²) in [6, 6.07) is 32.7. The Balaban J connectivity index is 1.14. The fourth-order valence-electron chi connectivity index (χ4n) is 8.00. The molecule has 4 aromatic rings. The Morgan fingerprint density at radius 1 is 0.500 bits per heavy atom. The summed E-state index contributed by atoms with van der Waals surface area (Å²) in [5, 5.41) is 0. The van der Waals surface area contributed by atoms with Crippen molar-refractivity contribution in [2.24, 2.45) is 17.8 Å². The highest BCUT2D eigenvalue weighted by Gasteiger charge is 2.38. The van der Waals surface area contributed by atoms with Crippen LogP contribution in [0.5, 0.6) is 23.0 Å². The van der Waals surface area contributed by atoms with E-state index in [1.54, 1.807) is 0 Å². The Labute approximate surface area is 276 Å². The molecule has 242 valence electrons. The van der Waals surface area contributed by atoms with E-state index in [0.717, 1.165) is 65.0 Å². The molecule has 0 unspecified atom stereocenters. The Morgan fingerprint density at radius 3 is 1.24 bits per heavy atom. The second-order valence-electron chi connectivity index (χ2n) is 14.0. The quantitative estimate of drug-likeness (QED) is 0.155. The molecule has 6 rings (SSSR count). The molecule has 0 aromatic heterocycles. The van der Waals surface area contributed by atoms with Crippen LogP contribution in [0.3, 0.4) is 0 Å². The van der Waals surface area contributed by atoms with Gasteiger partial charge in [-0.2, -0.15) is 0 Å². The third-order valence-corrected chi connectivity index (χ3v) is 10.9. The molecule has 4 N–H and O–H groups in total. The molecular formula is C42H52N2O2. The average Bonchev–Trinajstić information content (AvgIpc) is 3.10. The lowest BCUT2D eigenvalue weighted by atomic mass is 9.62. The third-order valence-electron chi connectivity index (χ3n) is 10.9. The molecule has 4 aromatic carbocycles. The van der Waals surface area contributed by atoms with Crippen LogP contribution in [0.15, 0.2) is 97.1 Å². The summed E-state index contributed by atoms with van der Waals surface area (Å²) in [7, 11) is 0. The molecular weight excluding hydrogens is 564 g/mol. The van der Waals surface area contributed by atoms with Gasteiger partial charge in [-0.15, -0.1) is 0 Å². The van der Waals surface area contributed by atoms with E-state index in [-0.39, 0.29) is 5.41 Å². The highest BCUT2D eigenvalue weighted by Crippen LogP contribution is 2.49. The van der Waals surface area contributed by atoms with Crippen molar-refractivity contribution < 1.29 is 9.47 Å². The maximum atomic E-state index is 6.15. The summed E-state index contributed by atoms with van der Waals surface area (Å²) in [6.45, 7) is 2.32. The van der Waals surface area contributed by atoms with Crippen molar-refractivity contribution in [2.45, 2.75) is 95.8 Å². The summed E-state index contributed by atoms with van der Waals surface area (Å²) in [5.41, 5.74) is 15.9. The van der Waals surface area contributed by atoms with Gasteiger partial charge >= 0.3 is 0 Å². The van der Waals surface area contributed by atoms with Crippen LogP contribution >= 0.6 is 0 Å². The van der Waals surface area contributed by atoms with Gasteiger partial charge in [0.05, 0.1) is 0 Å². The van der Waals surface area contributed by atoms with Crippen LogP contribution in [-0.4, -0.2) is 0 Å². The maximum absolute atomic E-state index is 6.15. The van der Waals surface area contributed by atoms with Crippen molar-refractivity contribution in [3.05, 3.63) is 108 Å². The van der Waals surface area contributed by atoms with E-state index >= 15 is 0 Å². The molecule has 0 heterocycles. The Morgan fingerprint density at radius 2 is 0.848 bits per heavy atom. The van der Waals surface area contributed by atoms with Crippen LogP contribution in [0.1, 0.15) is 102 Å². The van der Waals surface area contributed by atoms with Crippen LogP contribution < -0.4 is 20.9 Å². The normalized spacial score (nSPS) is 19.8. The van der Waals surface area contributed by atoms with Crippen LogP contribution in [0.2, 0.25) is 0 Å². The largest absolute Gasteiger partial charge is 0.457 e. The molecule has 0 aliphatic heterocycles. The number of benzene rings is 4. The van der Waals surface area contributed by atoms with E-state index in [1.165, 1.54) is 81.8 Å². The predicted octanol–water partition coefficient (Wildman–Crippen LogP) is 11.7. The van der Waals surface area contributed by atoms with Crippen molar-refractivity contribution >= 4 is 11.4 Å². The monoisotopic (exact) mass is 616 g/mol. The van der Waals surface area contributed by atoms with Crippen molar-refractivity contribution in [2.75, 3.05) is 11.5 Å². The lowest BCUT2D eigenvalue weighted by Gasteiger charge is -2.42. The first-order valence-corrected chi connectivity index (χ1v) is 17.8. The van der Waals surface area contributed by atoms with Crippen LogP contribution in [0, 0.1) is 17.8 Å². The minimum absolute atomic E-state index is 0.0205. The lowest BCUT2D eigenvalue weighted by Crippen LogP contribution is -2.33. The number of ether oxygens (including phenoxy) is 2. The van der Waals surface area contributed by atoms with Crippen molar-refractivity contribution in [1.82, 2.24) is 0 Å². The second kappa shape index (κ2) is 15.1. The molecule has 0 amide bonds.